The number of aliphatic hydroxyl groups excluding tert-OH is 1. The molecule has 0 saturated carbocycles. The van der Waals surface area contributed by atoms with Crippen molar-refractivity contribution in [1.29, 1.82) is 0 Å². The van der Waals surface area contributed by atoms with Crippen molar-refractivity contribution in [3.05, 3.63) is 29.8 Å². The van der Waals surface area contributed by atoms with E-state index in [4.69, 9.17) is 16.6 Å². The predicted molar refractivity (Wildman–Crippen MR) is 135 cm³/mol. The number of aliphatic hydroxyl groups is 1. The summed E-state index contributed by atoms with van der Waals surface area (Å²) in [6, 6.07) is 0.294. The van der Waals surface area contributed by atoms with E-state index in [9.17, 15) is 39.3 Å². The number of aliphatic carboxylic acids is 2. The van der Waals surface area contributed by atoms with Gasteiger partial charge in [0, 0.05) is 12.8 Å². The molecule has 0 fully saturated rings. The van der Waals surface area contributed by atoms with Crippen LogP contribution in [0.5, 0.6) is 5.75 Å². The zero-order chi connectivity index (χ0) is 28.8. The highest BCUT2D eigenvalue weighted by molar-refractivity contribution is 5.94. The van der Waals surface area contributed by atoms with Crippen molar-refractivity contribution in [2.24, 2.45) is 11.5 Å². The van der Waals surface area contributed by atoms with Crippen molar-refractivity contribution in [3.8, 4) is 5.75 Å². The van der Waals surface area contributed by atoms with E-state index in [1.54, 1.807) is 0 Å². The summed E-state index contributed by atoms with van der Waals surface area (Å²) in [4.78, 5) is 60.9. The molecule has 0 aliphatic heterocycles. The van der Waals surface area contributed by atoms with Gasteiger partial charge in [-0.15, -0.1) is 0 Å². The lowest BCUT2D eigenvalue weighted by Crippen LogP contribution is -2.60. The Bertz CT molecular complexity index is 955. The van der Waals surface area contributed by atoms with E-state index in [0.717, 1.165) is 0 Å². The summed E-state index contributed by atoms with van der Waals surface area (Å²) in [5.41, 5.74) is 11.8. The zero-order valence-corrected chi connectivity index (χ0v) is 21.1. The monoisotopic (exact) mass is 539 g/mol. The fourth-order valence-electron chi connectivity index (χ4n) is 3.44. The molecule has 0 radical (unpaired) electrons. The Balaban J connectivity index is 3.08. The summed E-state index contributed by atoms with van der Waals surface area (Å²) in [5, 5.41) is 44.9. The van der Waals surface area contributed by atoms with E-state index in [0.29, 0.717) is 31.4 Å². The number of amides is 3. The van der Waals surface area contributed by atoms with Crippen LogP contribution in [0.4, 0.5) is 0 Å². The molecule has 0 saturated heterocycles. The molecule has 0 heterocycles. The van der Waals surface area contributed by atoms with Crippen LogP contribution in [0.1, 0.15) is 44.6 Å². The van der Waals surface area contributed by atoms with Gasteiger partial charge in [-0.2, -0.15) is 0 Å². The molecule has 3 amide bonds. The van der Waals surface area contributed by atoms with Gasteiger partial charge in [0.1, 0.15) is 23.9 Å². The van der Waals surface area contributed by atoms with Crippen LogP contribution in [0.2, 0.25) is 0 Å². The molecule has 1 aromatic carbocycles. The van der Waals surface area contributed by atoms with Gasteiger partial charge in [0.05, 0.1) is 12.1 Å². The first-order valence-electron chi connectivity index (χ1n) is 12.1. The molecule has 14 nitrogen and oxygen atoms in total. The van der Waals surface area contributed by atoms with Gasteiger partial charge in [-0.1, -0.05) is 18.6 Å². The Kier molecular flexibility index (Phi) is 13.7. The summed E-state index contributed by atoms with van der Waals surface area (Å²) >= 11 is 0. The van der Waals surface area contributed by atoms with Gasteiger partial charge in [0.25, 0.3) is 0 Å². The number of carbonyl (C=O) groups excluding carboxylic acids is 3. The Morgan fingerprint density at radius 1 is 0.868 bits per heavy atom. The van der Waals surface area contributed by atoms with E-state index < -0.39 is 72.8 Å². The average Bonchev–Trinajstić information content (AvgIpc) is 2.84. The number of benzene rings is 1. The fourth-order valence-corrected chi connectivity index (χ4v) is 3.44. The van der Waals surface area contributed by atoms with Gasteiger partial charge < -0.3 is 47.8 Å². The summed E-state index contributed by atoms with van der Waals surface area (Å²) in [6.07, 6.45) is -0.913. The lowest BCUT2D eigenvalue weighted by Gasteiger charge is -2.26. The van der Waals surface area contributed by atoms with E-state index in [1.165, 1.54) is 31.2 Å². The maximum Gasteiger partial charge on any atom is 0.326 e. The molecule has 0 aromatic heterocycles. The maximum absolute atomic E-state index is 13.0. The molecule has 38 heavy (non-hydrogen) atoms. The van der Waals surface area contributed by atoms with Gasteiger partial charge in [-0.3, -0.25) is 19.2 Å². The second-order valence-electron chi connectivity index (χ2n) is 8.88. The largest absolute Gasteiger partial charge is 0.508 e. The number of nitrogens with one attached hydrogen (secondary N) is 3. The summed E-state index contributed by atoms with van der Waals surface area (Å²) in [7, 11) is 0. The predicted octanol–water partition coefficient (Wildman–Crippen LogP) is -1.82. The van der Waals surface area contributed by atoms with E-state index in [2.05, 4.69) is 16.0 Å². The topological polar surface area (TPSA) is 254 Å². The molecule has 1 rings (SSSR count). The highest BCUT2D eigenvalue weighted by Crippen LogP contribution is 2.12. The van der Waals surface area contributed by atoms with Crippen LogP contribution in [-0.2, 0) is 30.4 Å². The van der Waals surface area contributed by atoms with E-state index >= 15 is 0 Å². The number of phenolic OH excluding ortho intramolecular Hbond substituents is 1. The standard InChI is InChI=1S/C24H37N5O9/c1-13(30)20(29-21(34)16(26)4-2-3-11-25)23(36)28-18(12-14-5-7-15(31)8-6-14)22(35)27-17(24(37)38)9-10-19(32)33/h5-8,13,16-18,20,30-31H,2-4,9-12,25-26H2,1H3,(H,27,35)(H,28,36)(H,29,34)(H,32,33)(H,37,38). The van der Waals surface area contributed by atoms with Crippen LogP contribution in [-0.4, -0.2) is 86.9 Å². The second-order valence-corrected chi connectivity index (χ2v) is 8.88. The molecule has 5 atom stereocenters. The lowest BCUT2D eigenvalue weighted by molar-refractivity contribution is -0.143. The number of phenols is 1. The third kappa shape index (κ3) is 11.5. The quantitative estimate of drug-likeness (QED) is 0.0995. The van der Waals surface area contributed by atoms with Crippen molar-refractivity contribution in [1.82, 2.24) is 16.0 Å². The molecule has 11 N–H and O–H groups in total. The average molecular weight is 540 g/mol. The van der Waals surface area contributed by atoms with Crippen molar-refractivity contribution >= 4 is 29.7 Å². The molecule has 0 aliphatic carbocycles. The van der Waals surface area contributed by atoms with E-state index in [1.807, 2.05) is 0 Å². The first kappa shape index (κ1) is 32.3. The molecule has 0 aliphatic rings. The Morgan fingerprint density at radius 3 is 2.00 bits per heavy atom. The number of aromatic hydroxyl groups is 1. The third-order valence-corrected chi connectivity index (χ3v) is 5.64. The Morgan fingerprint density at radius 2 is 1.47 bits per heavy atom. The number of nitrogens with two attached hydrogens (primary N) is 2. The smallest absolute Gasteiger partial charge is 0.326 e. The van der Waals surface area contributed by atoms with Crippen LogP contribution < -0.4 is 27.4 Å². The minimum absolute atomic E-state index is 0.0434. The van der Waals surface area contributed by atoms with Gasteiger partial charge in [0.2, 0.25) is 17.7 Å². The van der Waals surface area contributed by atoms with Crippen LogP contribution in [0.25, 0.3) is 0 Å². The lowest BCUT2D eigenvalue weighted by atomic mass is 10.0. The SMILES string of the molecule is CC(O)C(NC(=O)C(N)CCCCN)C(=O)NC(Cc1ccc(O)cc1)C(=O)NC(CCC(=O)O)C(=O)O. The molecular formula is C24H37N5O9. The van der Waals surface area contributed by atoms with Crippen molar-refractivity contribution in [2.75, 3.05) is 6.54 Å². The van der Waals surface area contributed by atoms with Crippen LogP contribution in [0.15, 0.2) is 24.3 Å². The number of hydrogen-bond acceptors (Lipinski definition) is 9. The molecule has 0 spiro atoms. The molecule has 1 aromatic rings. The van der Waals surface area contributed by atoms with Gasteiger partial charge >= 0.3 is 11.9 Å². The highest BCUT2D eigenvalue weighted by Gasteiger charge is 2.32. The van der Waals surface area contributed by atoms with E-state index in [-0.39, 0.29) is 12.2 Å². The first-order valence-corrected chi connectivity index (χ1v) is 12.1. The minimum Gasteiger partial charge on any atom is -0.508 e. The number of carboxylic acids is 2. The van der Waals surface area contributed by atoms with Crippen molar-refractivity contribution < 1.29 is 44.4 Å². The minimum atomic E-state index is -1.54. The normalized spacial score (nSPS) is 14.8. The molecular weight excluding hydrogens is 502 g/mol. The number of unbranched alkanes of at least 4 members (excludes halogenated alkanes) is 1. The summed E-state index contributed by atoms with van der Waals surface area (Å²) < 4.78 is 0. The number of carbonyl (C=O) groups is 5. The van der Waals surface area contributed by atoms with Crippen LogP contribution in [0.3, 0.4) is 0 Å². The maximum atomic E-state index is 13.0. The summed E-state index contributed by atoms with van der Waals surface area (Å²) in [5.74, 6) is -5.32. The molecule has 0 bridgehead atoms. The summed E-state index contributed by atoms with van der Waals surface area (Å²) in [6.45, 7) is 1.68. The van der Waals surface area contributed by atoms with Crippen molar-refractivity contribution in [2.45, 2.75) is 75.7 Å². The molecule has 212 valence electrons. The van der Waals surface area contributed by atoms with Crippen LogP contribution in [0, 0.1) is 0 Å². The second kappa shape index (κ2) is 16.2. The van der Waals surface area contributed by atoms with Crippen LogP contribution >= 0.6 is 0 Å². The van der Waals surface area contributed by atoms with Gasteiger partial charge in [-0.25, -0.2) is 4.79 Å². The molecule has 14 heteroatoms. The Hall–Kier alpha value is -3.75. The van der Waals surface area contributed by atoms with Gasteiger partial charge in [0.15, 0.2) is 0 Å². The third-order valence-electron chi connectivity index (χ3n) is 5.64. The number of hydrogen-bond donors (Lipinski definition) is 9. The number of carboxylic acid groups (broad SMARTS) is 2. The zero-order valence-electron chi connectivity index (χ0n) is 21.1. The molecule has 5 unspecified atom stereocenters. The van der Waals surface area contributed by atoms with Gasteiger partial charge in [-0.05, 0) is 50.4 Å². The highest BCUT2D eigenvalue weighted by atomic mass is 16.4. The van der Waals surface area contributed by atoms with Crippen molar-refractivity contribution in [3.63, 3.8) is 0 Å². The number of rotatable bonds is 17. The Labute approximate surface area is 219 Å². The first-order chi connectivity index (χ1) is 17.8. The fraction of sp³-hybridized carbons (Fsp3) is 0.542.